The van der Waals surface area contributed by atoms with Gasteiger partial charge in [0, 0.05) is 18.0 Å². The number of sulfonamides is 1. The Labute approximate surface area is 280 Å². The van der Waals surface area contributed by atoms with Gasteiger partial charge in [-0.15, -0.1) is 0 Å². The molecule has 2 N–H and O–H groups in total. The van der Waals surface area contributed by atoms with Crippen LogP contribution >= 0.6 is 0 Å². The molecule has 9 heteroatoms. The van der Waals surface area contributed by atoms with Crippen molar-refractivity contribution in [2.24, 2.45) is 5.92 Å². The van der Waals surface area contributed by atoms with Crippen molar-refractivity contribution >= 4 is 21.1 Å². The number of rotatable bonds is 10. The third-order valence-corrected chi connectivity index (χ3v) is 10.4. The summed E-state index contributed by atoms with van der Waals surface area (Å²) >= 11 is 0. The number of hydrogen-bond acceptors (Lipinski definition) is 6. The van der Waals surface area contributed by atoms with E-state index in [0.29, 0.717) is 6.54 Å². The second kappa shape index (κ2) is 13.8. The van der Waals surface area contributed by atoms with Crippen LogP contribution in [0.1, 0.15) is 41.6 Å². The number of nitrogens with zero attached hydrogens (tertiary/aromatic N) is 2. The van der Waals surface area contributed by atoms with E-state index in [9.17, 15) is 13.5 Å². The van der Waals surface area contributed by atoms with Crippen LogP contribution in [0.15, 0.2) is 139 Å². The Morgan fingerprint density at radius 3 is 2.27 bits per heavy atom. The molecule has 0 bridgehead atoms. The zero-order valence-corrected chi connectivity index (χ0v) is 27.3. The summed E-state index contributed by atoms with van der Waals surface area (Å²) in [6, 6.07) is 40.3. The van der Waals surface area contributed by atoms with E-state index in [1.165, 1.54) is 0 Å². The maximum Gasteiger partial charge on any atom is 0.240 e. The Morgan fingerprint density at radius 2 is 1.50 bits per heavy atom. The van der Waals surface area contributed by atoms with Crippen molar-refractivity contribution in [2.75, 3.05) is 0 Å². The zero-order valence-electron chi connectivity index (χ0n) is 26.5. The van der Waals surface area contributed by atoms with Gasteiger partial charge in [0.2, 0.25) is 10.0 Å². The van der Waals surface area contributed by atoms with Crippen molar-refractivity contribution in [1.82, 2.24) is 14.3 Å². The highest BCUT2D eigenvalue weighted by atomic mass is 32.2. The minimum absolute atomic E-state index is 0.0119. The first-order valence-electron chi connectivity index (χ1n) is 16.0. The van der Waals surface area contributed by atoms with Gasteiger partial charge in [0.25, 0.3) is 0 Å². The molecule has 1 aliphatic heterocycles. The lowest BCUT2D eigenvalue weighted by molar-refractivity contribution is -0.276. The van der Waals surface area contributed by atoms with Crippen LogP contribution in [0.4, 0.5) is 0 Å². The lowest BCUT2D eigenvalue weighted by Crippen LogP contribution is -2.39. The molecule has 7 rings (SSSR count). The molecule has 0 unspecified atom stereocenters. The molecule has 1 aliphatic rings. The first-order valence-corrected chi connectivity index (χ1v) is 17.5. The minimum atomic E-state index is -3.61. The lowest BCUT2D eigenvalue weighted by atomic mass is 9.90. The molecule has 1 fully saturated rings. The Bertz CT molecular complexity index is 2100. The molecule has 1 aromatic heterocycles. The minimum Gasteiger partial charge on any atom is -0.392 e. The molecule has 1 saturated heterocycles. The average molecular weight is 660 g/mol. The van der Waals surface area contributed by atoms with E-state index in [1.807, 2.05) is 97.3 Å². The van der Waals surface area contributed by atoms with E-state index in [0.717, 1.165) is 44.4 Å². The third kappa shape index (κ3) is 6.82. The van der Waals surface area contributed by atoms with Crippen LogP contribution in [0, 0.1) is 5.92 Å². The topological polar surface area (TPSA) is 103 Å². The number of aliphatic hydroxyl groups excluding tert-OH is 1. The number of fused-ring (bicyclic) bond motifs is 1. The van der Waals surface area contributed by atoms with Crippen molar-refractivity contribution in [3.63, 3.8) is 0 Å². The number of hydrogen-bond donors (Lipinski definition) is 2. The quantitative estimate of drug-likeness (QED) is 0.162. The predicted molar refractivity (Wildman–Crippen MR) is 185 cm³/mol. The normalized spacial score (nSPS) is 19.8. The van der Waals surface area contributed by atoms with Crippen molar-refractivity contribution < 1.29 is 23.0 Å². The van der Waals surface area contributed by atoms with E-state index in [4.69, 9.17) is 9.47 Å². The largest absolute Gasteiger partial charge is 0.392 e. The van der Waals surface area contributed by atoms with Crippen LogP contribution in [0.5, 0.6) is 0 Å². The van der Waals surface area contributed by atoms with Gasteiger partial charge in [-0.05, 0) is 58.1 Å². The molecule has 5 aromatic carbocycles. The van der Waals surface area contributed by atoms with Crippen LogP contribution in [0.25, 0.3) is 22.2 Å². The van der Waals surface area contributed by atoms with Crippen LogP contribution in [-0.2, 0) is 39.2 Å². The standard InChI is InChI=1S/C39H37N3O5S/c1-27-37(24-42-26-40-35-12-5-6-13-36(35)42)46-39(47-38(27)31-16-14-28(25-43)15-17-31)32-20-18-30(19-21-32)33-9-7-8-29(22-33)23-41-48(44,45)34-10-3-2-4-11-34/h2-22,26-27,37-39,41,43H,23-25H2,1H3/t27-,37+,38+,39+/m0/s1. The van der Waals surface area contributed by atoms with Gasteiger partial charge in [0.1, 0.15) is 0 Å². The third-order valence-electron chi connectivity index (χ3n) is 8.99. The molecule has 8 nitrogen and oxygen atoms in total. The molecule has 0 saturated carbocycles. The molecular formula is C39H37N3O5S. The van der Waals surface area contributed by atoms with E-state index in [1.54, 1.807) is 30.3 Å². The summed E-state index contributed by atoms with van der Waals surface area (Å²) in [6.07, 6.45) is 0.870. The Kier molecular flexibility index (Phi) is 9.21. The summed E-state index contributed by atoms with van der Waals surface area (Å²) in [6.45, 7) is 2.94. The number of aliphatic hydroxyl groups is 1. The van der Waals surface area contributed by atoms with Gasteiger partial charge in [-0.3, -0.25) is 0 Å². The maximum atomic E-state index is 12.7. The molecule has 2 heterocycles. The summed E-state index contributed by atoms with van der Waals surface area (Å²) in [5.41, 5.74) is 7.60. The van der Waals surface area contributed by atoms with Crippen LogP contribution in [0.2, 0.25) is 0 Å². The van der Waals surface area contributed by atoms with Gasteiger partial charge in [-0.2, -0.15) is 0 Å². The number of para-hydroxylation sites is 2. The van der Waals surface area contributed by atoms with E-state index in [-0.39, 0.29) is 36.2 Å². The van der Waals surface area contributed by atoms with Gasteiger partial charge in [0.15, 0.2) is 6.29 Å². The average Bonchev–Trinajstić information content (AvgIpc) is 3.55. The van der Waals surface area contributed by atoms with Crippen LogP contribution < -0.4 is 4.72 Å². The molecule has 4 atom stereocenters. The molecule has 48 heavy (non-hydrogen) atoms. The number of imidazole rings is 1. The predicted octanol–water partition coefficient (Wildman–Crippen LogP) is 7.17. The fourth-order valence-electron chi connectivity index (χ4n) is 6.23. The van der Waals surface area contributed by atoms with Gasteiger partial charge < -0.3 is 19.1 Å². The number of ether oxygens (including phenoxy) is 2. The monoisotopic (exact) mass is 659 g/mol. The first kappa shape index (κ1) is 31.9. The SMILES string of the molecule is C[C@H]1[C@@H](Cn2cnc3ccccc32)O[C@@H](c2ccc(-c3cccc(CNS(=O)(=O)c4ccccc4)c3)cc2)O[C@H]1c1ccc(CO)cc1. The Balaban J connectivity index is 1.11. The van der Waals surface area contributed by atoms with E-state index >= 15 is 0 Å². The Hall–Kier alpha value is -4.64. The van der Waals surface area contributed by atoms with Gasteiger partial charge in [0.05, 0.1) is 47.6 Å². The lowest BCUT2D eigenvalue weighted by Gasteiger charge is -2.41. The van der Waals surface area contributed by atoms with Crippen molar-refractivity contribution in [3.05, 3.63) is 156 Å². The van der Waals surface area contributed by atoms with Crippen LogP contribution in [0.3, 0.4) is 0 Å². The van der Waals surface area contributed by atoms with Gasteiger partial charge in [-0.1, -0.05) is 104 Å². The van der Waals surface area contributed by atoms with Crippen molar-refractivity contribution in [3.8, 4) is 11.1 Å². The van der Waals surface area contributed by atoms with Crippen LogP contribution in [-0.4, -0.2) is 29.2 Å². The second-order valence-electron chi connectivity index (χ2n) is 12.2. The summed E-state index contributed by atoms with van der Waals surface area (Å²) in [7, 11) is -3.61. The molecule has 0 spiro atoms. The molecular weight excluding hydrogens is 623 g/mol. The first-order chi connectivity index (χ1) is 23.4. The molecule has 6 aromatic rings. The number of nitrogens with one attached hydrogen (secondary N) is 1. The molecule has 0 amide bonds. The summed E-state index contributed by atoms with van der Waals surface area (Å²) in [5, 5.41) is 9.59. The Morgan fingerprint density at radius 1 is 0.771 bits per heavy atom. The fraction of sp³-hybridized carbons (Fsp3) is 0.205. The van der Waals surface area contributed by atoms with Gasteiger partial charge in [-0.25, -0.2) is 18.1 Å². The highest BCUT2D eigenvalue weighted by Crippen LogP contribution is 2.42. The highest BCUT2D eigenvalue weighted by molar-refractivity contribution is 7.89. The molecule has 0 aliphatic carbocycles. The number of aromatic nitrogens is 2. The van der Waals surface area contributed by atoms with Crippen molar-refractivity contribution in [2.45, 2.75) is 50.0 Å². The second-order valence-corrected chi connectivity index (χ2v) is 13.9. The summed E-state index contributed by atoms with van der Waals surface area (Å²) < 4.78 is 43.7. The fourth-order valence-corrected chi connectivity index (χ4v) is 7.27. The summed E-state index contributed by atoms with van der Waals surface area (Å²) in [4.78, 5) is 4.82. The number of benzene rings is 5. The highest BCUT2D eigenvalue weighted by Gasteiger charge is 2.38. The smallest absolute Gasteiger partial charge is 0.240 e. The van der Waals surface area contributed by atoms with Crippen molar-refractivity contribution in [1.29, 1.82) is 0 Å². The molecule has 244 valence electrons. The molecule has 0 radical (unpaired) electrons. The van der Waals surface area contributed by atoms with E-state index < -0.39 is 16.3 Å². The van der Waals surface area contributed by atoms with Gasteiger partial charge >= 0.3 is 0 Å². The maximum absolute atomic E-state index is 12.7. The summed E-state index contributed by atoms with van der Waals surface area (Å²) in [5.74, 6) is 0.0312. The zero-order chi connectivity index (χ0) is 33.1. The van der Waals surface area contributed by atoms with E-state index in [2.05, 4.69) is 27.3 Å².